The molecule has 0 saturated heterocycles. The molecule has 1 aromatic carbocycles. The molecular formula is C16H16N4O2. The number of nitrogens with one attached hydrogen (secondary N) is 1. The molecule has 22 heavy (non-hydrogen) atoms. The van der Waals surface area contributed by atoms with Gasteiger partial charge in [0.05, 0.1) is 24.8 Å². The van der Waals surface area contributed by atoms with E-state index in [0.717, 1.165) is 11.3 Å². The molecule has 0 radical (unpaired) electrons. The van der Waals surface area contributed by atoms with Crippen LogP contribution in [0.15, 0.2) is 53.3 Å². The Morgan fingerprint density at radius 1 is 1.32 bits per heavy atom. The monoisotopic (exact) mass is 296 g/mol. The summed E-state index contributed by atoms with van der Waals surface area (Å²) in [5.41, 5.74) is 2.36. The molecule has 2 aromatic heterocycles. The van der Waals surface area contributed by atoms with Crippen molar-refractivity contribution in [3.05, 3.63) is 71.4 Å². The largest absolute Gasteiger partial charge is 0.361 e. The van der Waals surface area contributed by atoms with E-state index < -0.39 is 0 Å². The number of aromatic nitrogens is 3. The van der Waals surface area contributed by atoms with E-state index in [0.29, 0.717) is 24.3 Å². The number of aryl methyl sites for hydroxylation is 1. The van der Waals surface area contributed by atoms with Gasteiger partial charge in [0.25, 0.3) is 5.91 Å². The maximum Gasteiger partial charge on any atom is 0.254 e. The van der Waals surface area contributed by atoms with Gasteiger partial charge in [0.1, 0.15) is 11.5 Å². The van der Waals surface area contributed by atoms with E-state index in [-0.39, 0.29) is 5.91 Å². The molecule has 6 heteroatoms. The van der Waals surface area contributed by atoms with E-state index in [4.69, 9.17) is 4.52 Å². The molecule has 0 fully saturated rings. The SMILES string of the molecule is Cc1cc(CNC(=O)c2cnn(Cc3ccccc3)c2)no1. The lowest BCUT2D eigenvalue weighted by Gasteiger charge is -2.01. The first kappa shape index (κ1) is 14.1. The lowest BCUT2D eigenvalue weighted by molar-refractivity contribution is 0.0950. The number of hydrogen-bond donors (Lipinski definition) is 1. The van der Waals surface area contributed by atoms with Crippen LogP contribution in [0.2, 0.25) is 0 Å². The average Bonchev–Trinajstić information content (AvgIpc) is 3.15. The van der Waals surface area contributed by atoms with Crippen LogP contribution >= 0.6 is 0 Å². The summed E-state index contributed by atoms with van der Waals surface area (Å²) in [5.74, 6) is 0.542. The molecule has 1 amide bonds. The Labute approximate surface area is 127 Å². The van der Waals surface area contributed by atoms with E-state index in [1.54, 1.807) is 23.1 Å². The summed E-state index contributed by atoms with van der Waals surface area (Å²) >= 11 is 0. The number of hydrogen-bond acceptors (Lipinski definition) is 4. The van der Waals surface area contributed by atoms with Crippen molar-refractivity contribution >= 4 is 5.91 Å². The minimum absolute atomic E-state index is 0.181. The van der Waals surface area contributed by atoms with Crippen LogP contribution in [-0.2, 0) is 13.1 Å². The third kappa shape index (κ3) is 3.41. The Morgan fingerprint density at radius 2 is 2.14 bits per heavy atom. The quantitative estimate of drug-likeness (QED) is 0.783. The minimum atomic E-state index is -0.181. The summed E-state index contributed by atoms with van der Waals surface area (Å²) in [6, 6.07) is 11.8. The molecule has 6 nitrogen and oxygen atoms in total. The summed E-state index contributed by atoms with van der Waals surface area (Å²) in [7, 11) is 0. The predicted molar refractivity (Wildman–Crippen MR) is 80.2 cm³/mol. The van der Waals surface area contributed by atoms with Gasteiger partial charge < -0.3 is 9.84 Å². The van der Waals surface area contributed by atoms with Gasteiger partial charge in [0.15, 0.2) is 0 Å². The first-order valence-electron chi connectivity index (χ1n) is 6.97. The number of benzene rings is 1. The topological polar surface area (TPSA) is 73.0 Å². The zero-order valence-electron chi connectivity index (χ0n) is 12.2. The zero-order valence-corrected chi connectivity index (χ0v) is 12.2. The van der Waals surface area contributed by atoms with E-state index in [2.05, 4.69) is 15.6 Å². The molecule has 0 saturated carbocycles. The fourth-order valence-electron chi connectivity index (χ4n) is 2.11. The van der Waals surface area contributed by atoms with E-state index in [1.807, 2.05) is 37.3 Å². The third-order valence-corrected chi connectivity index (χ3v) is 3.19. The highest BCUT2D eigenvalue weighted by atomic mass is 16.5. The second kappa shape index (κ2) is 6.26. The Bertz CT molecular complexity index is 761. The molecule has 2 heterocycles. The molecule has 0 spiro atoms. The second-order valence-electron chi connectivity index (χ2n) is 5.02. The highest BCUT2D eigenvalue weighted by Gasteiger charge is 2.09. The number of carbonyl (C=O) groups is 1. The number of nitrogens with zero attached hydrogens (tertiary/aromatic N) is 3. The minimum Gasteiger partial charge on any atom is -0.361 e. The van der Waals surface area contributed by atoms with Gasteiger partial charge in [-0.1, -0.05) is 35.5 Å². The van der Waals surface area contributed by atoms with Gasteiger partial charge in [-0.25, -0.2) is 0 Å². The van der Waals surface area contributed by atoms with Gasteiger partial charge in [-0.3, -0.25) is 9.48 Å². The molecule has 1 N–H and O–H groups in total. The van der Waals surface area contributed by atoms with Gasteiger partial charge in [0, 0.05) is 12.3 Å². The van der Waals surface area contributed by atoms with Crippen molar-refractivity contribution in [2.45, 2.75) is 20.0 Å². The normalized spacial score (nSPS) is 10.6. The summed E-state index contributed by atoms with van der Waals surface area (Å²) in [4.78, 5) is 12.1. The van der Waals surface area contributed by atoms with Gasteiger partial charge >= 0.3 is 0 Å². The van der Waals surface area contributed by atoms with Crippen LogP contribution in [-0.4, -0.2) is 20.8 Å². The zero-order chi connectivity index (χ0) is 15.4. The lowest BCUT2D eigenvalue weighted by Crippen LogP contribution is -2.22. The standard InChI is InChI=1S/C16H16N4O2/c1-12-7-15(19-22-12)9-17-16(21)14-8-18-20(11-14)10-13-5-3-2-4-6-13/h2-8,11H,9-10H2,1H3,(H,17,21). The Kier molecular flexibility index (Phi) is 4.00. The molecule has 0 atom stereocenters. The molecule has 112 valence electrons. The summed E-state index contributed by atoms with van der Waals surface area (Å²) < 4.78 is 6.70. The van der Waals surface area contributed by atoms with Gasteiger partial charge in [-0.15, -0.1) is 0 Å². The molecule has 0 bridgehead atoms. The molecule has 0 aliphatic rings. The van der Waals surface area contributed by atoms with Crippen molar-refractivity contribution in [2.24, 2.45) is 0 Å². The van der Waals surface area contributed by atoms with E-state index >= 15 is 0 Å². The van der Waals surface area contributed by atoms with E-state index in [9.17, 15) is 4.79 Å². The molecule has 3 rings (SSSR count). The highest BCUT2D eigenvalue weighted by molar-refractivity contribution is 5.93. The summed E-state index contributed by atoms with van der Waals surface area (Å²) in [5, 5.41) is 10.8. The second-order valence-corrected chi connectivity index (χ2v) is 5.02. The van der Waals surface area contributed by atoms with Crippen molar-refractivity contribution in [3.8, 4) is 0 Å². The van der Waals surface area contributed by atoms with Crippen molar-refractivity contribution < 1.29 is 9.32 Å². The molecule has 0 unspecified atom stereocenters. The number of rotatable bonds is 5. The molecule has 3 aromatic rings. The average molecular weight is 296 g/mol. The van der Waals surface area contributed by atoms with Gasteiger partial charge in [0.2, 0.25) is 0 Å². The van der Waals surface area contributed by atoms with Gasteiger partial charge in [-0.05, 0) is 12.5 Å². The maximum absolute atomic E-state index is 12.1. The van der Waals surface area contributed by atoms with Crippen LogP contribution in [0.5, 0.6) is 0 Å². The van der Waals surface area contributed by atoms with Crippen LogP contribution in [0.1, 0.15) is 27.4 Å². The van der Waals surface area contributed by atoms with Crippen LogP contribution in [0, 0.1) is 6.92 Å². The van der Waals surface area contributed by atoms with Crippen LogP contribution < -0.4 is 5.32 Å². The highest BCUT2D eigenvalue weighted by Crippen LogP contribution is 2.05. The molecule has 0 aliphatic heterocycles. The van der Waals surface area contributed by atoms with Gasteiger partial charge in [-0.2, -0.15) is 5.10 Å². The smallest absolute Gasteiger partial charge is 0.254 e. The summed E-state index contributed by atoms with van der Waals surface area (Å²) in [6.45, 7) is 2.78. The van der Waals surface area contributed by atoms with Crippen molar-refractivity contribution in [3.63, 3.8) is 0 Å². The number of amides is 1. The first-order valence-corrected chi connectivity index (χ1v) is 6.97. The summed E-state index contributed by atoms with van der Waals surface area (Å²) in [6.07, 6.45) is 3.29. The Balaban J connectivity index is 1.59. The Hall–Kier alpha value is -2.89. The fourth-order valence-corrected chi connectivity index (χ4v) is 2.11. The van der Waals surface area contributed by atoms with Crippen molar-refractivity contribution in [2.75, 3.05) is 0 Å². The van der Waals surface area contributed by atoms with E-state index in [1.165, 1.54) is 0 Å². The van der Waals surface area contributed by atoms with Crippen LogP contribution in [0.4, 0.5) is 0 Å². The first-order chi connectivity index (χ1) is 10.7. The van der Waals surface area contributed by atoms with Crippen LogP contribution in [0.3, 0.4) is 0 Å². The van der Waals surface area contributed by atoms with Crippen molar-refractivity contribution in [1.29, 1.82) is 0 Å². The fraction of sp³-hybridized carbons (Fsp3) is 0.188. The molecule has 0 aliphatic carbocycles. The molecular weight excluding hydrogens is 280 g/mol. The predicted octanol–water partition coefficient (Wildman–Crippen LogP) is 2.16. The maximum atomic E-state index is 12.1. The number of carbonyl (C=O) groups excluding carboxylic acids is 1. The Morgan fingerprint density at radius 3 is 2.86 bits per heavy atom. The lowest BCUT2D eigenvalue weighted by atomic mass is 10.2. The third-order valence-electron chi connectivity index (χ3n) is 3.19. The van der Waals surface area contributed by atoms with Crippen LogP contribution in [0.25, 0.3) is 0 Å². The van der Waals surface area contributed by atoms with Crippen molar-refractivity contribution in [1.82, 2.24) is 20.3 Å².